The Labute approximate surface area is 120 Å². The molecule has 5 nitrogen and oxygen atoms in total. The van der Waals surface area contributed by atoms with Crippen molar-refractivity contribution in [2.24, 2.45) is 0 Å². The fraction of sp³-hybridized carbons (Fsp3) is 0.0625. The van der Waals surface area contributed by atoms with Gasteiger partial charge in [-0.25, -0.2) is 4.98 Å². The number of para-hydroxylation sites is 1. The average Bonchev–Trinajstić information content (AvgIpc) is 2.54. The summed E-state index contributed by atoms with van der Waals surface area (Å²) in [7, 11) is 1.58. The van der Waals surface area contributed by atoms with Gasteiger partial charge in [-0.2, -0.15) is 0 Å². The molecule has 1 aromatic carbocycles. The van der Waals surface area contributed by atoms with Crippen LogP contribution in [-0.4, -0.2) is 17.9 Å². The number of benzene rings is 1. The van der Waals surface area contributed by atoms with Crippen molar-refractivity contribution >= 4 is 22.7 Å². The van der Waals surface area contributed by atoms with Crippen molar-refractivity contribution in [3.05, 3.63) is 70.7 Å². The van der Waals surface area contributed by atoms with Crippen LogP contribution in [0.25, 0.3) is 11.0 Å². The van der Waals surface area contributed by atoms with Crippen LogP contribution in [0.4, 0.5) is 5.82 Å². The molecule has 1 amide bonds. The van der Waals surface area contributed by atoms with Gasteiger partial charge in [0.1, 0.15) is 11.4 Å². The number of fused-ring (bicyclic) bond motifs is 1. The predicted octanol–water partition coefficient (Wildman–Crippen LogP) is 2.46. The second-order valence-corrected chi connectivity index (χ2v) is 4.52. The zero-order valence-corrected chi connectivity index (χ0v) is 11.3. The van der Waals surface area contributed by atoms with Crippen LogP contribution in [0.2, 0.25) is 0 Å². The van der Waals surface area contributed by atoms with Gasteiger partial charge in [0.2, 0.25) is 0 Å². The molecule has 104 valence electrons. The van der Waals surface area contributed by atoms with Crippen LogP contribution in [0.15, 0.2) is 63.9 Å². The highest BCUT2D eigenvalue weighted by Crippen LogP contribution is 2.15. The maximum absolute atomic E-state index is 12.4. The topological polar surface area (TPSA) is 63.4 Å². The number of carbonyl (C=O) groups is 1. The molecule has 0 radical (unpaired) electrons. The van der Waals surface area contributed by atoms with E-state index in [1.165, 1.54) is 11.0 Å². The number of anilines is 1. The van der Waals surface area contributed by atoms with E-state index in [-0.39, 0.29) is 11.2 Å². The normalized spacial score (nSPS) is 10.5. The highest BCUT2D eigenvalue weighted by atomic mass is 16.3. The highest BCUT2D eigenvalue weighted by Gasteiger charge is 2.18. The van der Waals surface area contributed by atoms with Crippen molar-refractivity contribution in [1.82, 2.24) is 4.98 Å². The van der Waals surface area contributed by atoms with E-state index in [9.17, 15) is 9.59 Å². The molecule has 0 atom stereocenters. The number of carbonyl (C=O) groups excluding carboxylic acids is 1. The van der Waals surface area contributed by atoms with E-state index < -0.39 is 5.91 Å². The molecule has 2 heterocycles. The maximum atomic E-state index is 12.4. The average molecular weight is 280 g/mol. The second-order valence-electron chi connectivity index (χ2n) is 4.52. The predicted molar refractivity (Wildman–Crippen MR) is 79.5 cm³/mol. The molecule has 3 rings (SSSR count). The van der Waals surface area contributed by atoms with Gasteiger partial charge in [0.05, 0.1) is 5.39 Å². The SMILES string of the molecule is CN(C(=O)c1cc(=O)c2ccccc2o1)c1ccccn1. The van der Waals surface area contributed by atoms with E-state index in [0.717, 1.165) is 0 Å². The lowest BCUT2D eigenvalue weighted by molar-refractivity contribution is 0.0966. The molecule has 0 fully saturated rings. The Morgan fingerprint density at radius 2 is 1.90 bits per heavy atom. The molecule has 2 aromatic heterocycles. The number of pyridine rings is 1. The molecule has 0 aliphatic heterocycles. The summed E-state index contributed by atoms with van der Waals surface area (Å²) in [5, 5.41) is 0.453. The van der Waals surface area contributed by atoms with Gasteiger partial charge in [0.25, 0.3) is 5.91 Å². The van der Waals surface area contributed by atoms with Crippen LogP contribution in [0.3, 0.4) is 0 Å². The lowest BCUT2D eigenvalue weighted by Crippen LogP contribution is -2.27. The Morgan fingerprint density at radius 3 is 2.67 bits per heavy atom. The summed E-state index contributed by atoms with van der Waals surface area (Å²) in [6.07, 6.45) is 1.59. The third kappa shape index (κ3) is 2.41. The molecule has 3 aromatic rings. The second kappa shape index (κ2) is 5.20. The van der Waals surface area contributed by atoms with Crippen molar-refractivity contribution in [2.75, 3.05) is 11.9 Å². The first-order valence-electron chi connectivity index (χ1n) is 6.39. The van der Waals surface area contributed by atoms with Crippen molar-refractivity contribution in [1.29, 1.82) is 0 Å². The molecule has 5 heteroatoms. The summed E-state index contributed by atoms with van der Waals surface area (Å²) in [4.78, 5) is 29.8. The number of aromatic nitrogens is 1. The fourth-order valence-corrected chi connectivity index (χ4v) is 2.03. The van der Waals surface area contributed by atoms with E-state index in [2.05, 4.69) is 4.98 Å². The van der Waals surface area contributed by atoms with Crippen molar-refractivity contribution < 1.29 is 9.21 Å². The molecule has 21 heavy (non-hydrogen) atoms. The Hall–Kier alpha value is -2.95. The first-order valence-corrected chi connectivity index (χ1v) is 6.39. The summed E-state index contributed by atoms with van der Waals surface area (Å²) >= 11 is 0. The minimum absolute atomic E-state index is 0.00754. The first kappa shape index (κ1) is 13.1. The standard InChI is InChI=1S/C16H12N2O3/c1-18(15-8-4-5-9-17-15)16(20)14-10-12(19)11-6-2-3-7-13(11)21-14/h2-10H,1H3. The Balaban J connectivity index is 2.04. The third-order valence-electron chi connectivity index (χ3n) is 3.14. The summed E-state index contributed by atoms with van der Waals surface area (Å²) in [5.41, 5.74) is 0.150. The first-order chi connectivity index (χ1) is 10.2. The van der Waals surface area contributed by atoms with Crippen molar-refractivity contribution in [3.8, 4) is 0 Å². The third-order valence-corrected chi connectivity index (χ3v) is 3.14. The van der Waals surface area contributed by atoms with E-state index in [0.29, 0.717) is 16.8 Å². The van der Waals surface area contributed by atoms with Crippen LogP contribution in [0, 0.1) is 0 Å². The maximum Gasteiger partial charge on any atom is 0.295 e. The van der Waals surface area contributed by atoms with Gasteiger partial charge in [-0.05, 0) is 24.3 Å². The van der Waals surface area contributed by atoms with Crippen LogP contribution in [0.5, 0.6) is 0 Å². The summed E-state index contributed by atoms with van der Waals surface area (Å²) in [6, 6.07) is 13.3. The van der Waals surface area contributed by atoms with Gasteiger partial charge in [-0.15, -0.1) is 0 Å². The lowest BCUT2D eigenvalue weighted by atomic mass is 10.2. The van der Waals surface area contributed by atoms with Gasteiger partial charge in [-0.3, -0.25) is 14.5 Å². The zero-order chi connectivity index (χ0) is 14.8. The van der Waals surface area contributed by atoms with Gasteiger partial charge in [0, 0.05) is 19.3 Å². The Morgan fingerprint density at radius 1 is 1.14 bits per heavy atom. The van der Waals surface area contributed by atoms with E-state index in [4.69, 9.17) is 4.42 Å². The van der Waals surface area contributed by atoms with Gasteiger partial charge in [0.15, 0.2) is 11.2 Å². The largest absolute Gasteiger partial charge is 0.451 e. The zero-order valence-electron chi connectivity index (χ0n) is 11.3. The Bertz CT molecular complexity index is 856. The fourth-order valence-electron chi connectivity index (χ4n) is 2.03. The van der Waals surface area contributed by atoms with Crippen molar-refractivity contribution in [2.45, 2.75) is 0 Å². The molecule has 0 N–H and O–H groups in total. The quantitative estimate of drug-likeness (QED) is 0.723. The molecule has 0 aliphatic rings. The number of rotatable bonds is 2. The summed E-state index contributed by atoms with van der Waals surface area (Å²) in [5.74, 6) is 0.0571. The lowest BCUT2D eigenvalue weighted by Gasteiger charge is -2.15. The molecule has 0 spiro atoms. The van der Waals surface area contributed by atoms with Crippen molar-refractivity contribution in [3.63, 3.8) is 0 Å². The molecular weight excluding hydrogens is 268 g/mol. The Kier molecular flexibility index (Phi) is 3.23. The van der Waals surface area contributed by atoms with Gasteiger partial charge < -0.3 is 4.42 Å². The highest BCUT2D eigenvalue weighted by molar-refractivity contribution is 6.03. The number of amides is 1. The smallest absolute Gasteiger partial charge is 0.295 e. The summed E-state index contributed by atoms with van der Waals surface area (Å²) < 4.78 is 5.53. The van der Waals surface area contributed by atoms with Crippen LogP contribution >= 0.6 is 0 Å². The monoisotopic (exact) mass is 280 g/mol. The molecule has 0 bridgehead atoms. The number of hydrogen-bond donors (Lipinski definition) is 0. The van der Waals surface area contributed by atoms with E-state index >= 15 is 0 Å². The summed E-state index contributed by atoms with van der Waals surface area (Å²) in [6.45, 7) is 0. The molecule has 0 saturated carbocycles. The van der Waals surface area contributed by atoms with E-state index in [1.54, 1.807) is 55.7 Å². The molecular formula is C16H12N2O3. The number of hydrogen-bond acceptors (Lipinski definition) is 4. The van der Waals surface area contributed by atoms with Crippen LogP contribution in [-0.2, 0) is 0 Å². The van der Waals surface area contributed by atoms with Crippen LogP contribution < -0.4 is 10.3 Å². The minimum Gasteiger partial charge on any atom is -0.451 e. The minimum atomic E-state index is -0.420. The molecule has 0 aliphatic carbocycles. The van der Waals surface area contributed by atoms with Crippen LogP contribution in [0.1, 0.15) is 10.6 Å². The number of nitrogens with zero attached hydrogens (tertiary/aromatic N) is 2. The molecule has 0 unspecified atom stereocenters. The van der Waals surface area contributed by atoms with Gasteiger partial charge >= 0.3 is 0 Å². The van der Waals surface area contributed by atoms with Gasteiger partial charge in [-0.1, -0.05) is 18.2 Å². The van der Waals surface area contributed by atoms with E-state index in [1.807, 2.05) is 0 Å². The molecule has 0 saturated heterocycles.